The molecule has 2 atom stereocenters. The molecule has 0 saturated heterocycles. The number of aliphatic hydroxyl groups is 1. The number of carbonyl (C=O) groups is 1. The van der Waals surface area contributed by atoms with E-state index in [9.17, 15) is 9.18 Å². The first-order valence-electron chi connectivity index (χ1n) is 11.7. The molecule has 0 fully saturated rings. The molecule has 35 heavy (non-hydrogen) atoms. The summed E-state index contributed by atoms with van der Waals surface area (Å²) in [5, 5.41) is 11.8. The van der Waals surface area contributed by atoms with Gasteiger partial charge in [-0.3, -0.25) is 4.79 Å². The maximum Gasteiger partial charge on any atom is 0.252 e. The third kappa shape index (κ3) is 5.87. The second kappa shape index (κ2) is 11.1. The Morgan fingerprint density at radius 1 is 1.09 bits per heavy atom. The fraction of sp³-hybridized carbons (Fsp3) is 0.286. The number of nitrogens with zero attached hydrogens (tertiary/aromatic N) is 1. The number of hydrogen-bond donors (Lipinski definition) is 2. The molecule has 0 aliphatic carbocycles. The average Bonchev–Trinajstić information content (AvgIpc) is 3.20. The predicted octanol–water partition coefficient (Wildman–Crippen LogP) is 4.05. The van der Waals surface area contributed by atoms with Crippen LogP contribution in [0.1, 0.15) is 30.0 Å². The van der Waals surface area contributed by atoms with Crippen molar-refractivity contribution in [3.63, 3.8) is 0 Å². The van der Waals surface area contributed by atoms with Gasteiger partial charge in [-0.2, -0.15) is 0 Å². The van der Waals surface area contributed by atoms with Crippen LogP contribution in [0.5, 0.6) is 5.75 Å². The minimum atomic E-state index is -1.18. The first-order valence-corrected chi connectivity index (χ1v) is 11.7. The molecule has 1 aliphatic heterocycles. The fourth-order valence-corrected chi connectivity index (χ4v) is 4.03. The van der Waals surface area contributed by atoms with Crippen LogP contribution in [0.15, 0.2) is 83.9 Å². The molecule has 1 heterocycles. The zero-order chi connectivity index (χ0) is 24.7. The summed E-state index contributed by atoms with van der Waals surface area (Å²) in [4.78, 5) is 18.4. The van der Waals surface area contributed by atoms with Gasteiger partial charge in [0.1, 0.15) is 17.7 Å². The topological polar surface area (TPSA) is 80.2 Å². The van der Waals surface area contributed by atoms with E-state index in [0.29, 0.717) is 36.7 Å². The lowest BCUT2D eigenvalue weighted by molar-refractivity contribution is -0.128. The lowest BCUT2D eigenvalue weighted by Crippen LogP contribution is -2.52. The van der Waals surface area contributed by atoms with E-state index in [1.54, 1.807) is 12.1 Å². The molecule has 0 unspecified atom stereocenters. The lowest BCUT2D eigenvalue weighted by atomic mass is 9.86. The van der Waals surface area contributed by atoms with E-state index in [1.165, 1.54) is 12.1 Å². The number of amides is 1. The van der Waals surface area contributed by atoms with Crippen molar-refractivity contribution in [2.75, 3.05) is 13.2 Å². The van der Waals surface area contributed by atoms with Crippen LogP contribution in [-0.2, 0) is 22.5 Å². The number of rotatable bonds is 10. The molecule has 1 amide bonds. The summed E-state index contributed by atoms with van der Waals surface area (Å²) < 4.78 is 25.3. The number of hydrogen-bond acceptors (Lipinski definition) is 5. The summed E-state index contributed by atoms with van der Waals surface area (Å²) in [5.74, 6) is 0.433. The molecule has 3 aromatic rings. The van der Waals surface area contributed by atoms with Crippen molar-refractivity contribution in [3.05, 3.63) is 101 Å². The monoisotopic (exact) mass is 476 g/mol. The van der Waals surface area contributed by atoms with Crippen molar-refractivity contribution in [2.45, 2.75) is 38.0 Å². The molecule has 4 rings (SSSR count). The first-order chi connectivity index (χ1) is 17.0. The normalized spacial score (nSPS) is 19.1. The molecular weight excluding hydrogens is 447 g/mol. The molecule has 0 aromatic heterocycles. The predicted molar refractivity (Wildman–Crippen MR) is 132 cm³/mol. The Balaban J connectivity index is 1.59. The standard InChI is InChI=1S/C28H29FN2O4/c1-20-28(18-21-7-3-2-4-8-21,27(33)30-19-22-9-5-10-24(29)17-22)31-26(35-20)23-11-13-25(14-12-23)34-16-6-15-32/h2-5,7-14,17,20,32H,6,15-16,18-19H2,1H3,(H,30,33)/t20-,28-/m1/s1. The lowest BCUT2D eigenvalue weighted by Gasteiger charge is -2.28. The highest BCUT2D eigenvalue weighted by atomic mass is 19.1. The van der Waals surface area contributed by atoms with Gasteiger partial charge in [0.05, 0.1) is 6.61 Å². The van der Waals surface area contributed by atoms with Crippen molar-refractivity contribution < 1.29 is 23.8 Å². The summed E-state index contributed by atoms with van der Waals surface area (Å²) in [6.45, 7) is 2.53. The molecule has 1 aliphatic rings. The number of carbonyl (C=O) groups excluding carboxylic acids is 1. The second-order valence-corrected chi connectivity index (χ2v) is 8.53. The molecule has 7 heteroatoms. The van der Waals surface area contributed by atoms with Crippen LogP contribution in [0, 0.1) is 5.82 Å². The summed E-state index contributed by atoms with van der Waals surface area (Å²) in [7, 11) is 0. The van der Waals surface area contributed by atoms with Crippen LogP contribution in [0.4, 0.5) is 4.39 Å². The maximum absolute atomic E-state index is 13.6. The van der Waals surface area contributed by atoms with Gasteiger partial charge in [0, 0.05) is 31.6 Å². The Kier molecular flexibility index (Phi) is 7.77. The molecule has 6 nitrogen and oxygen atoms in total. The van der Waals surface area contributed by atoms with E-state index in [1.807, 2.05) is 61.5 Å². The van der Waals surface area contributed by atoms with Crippen LogP contribution in [0.25, 0.3) is 0 Å². The molecule has 182 valence electrons. The highest BCUT2D eigenvalue weighted by Gasteiger charge is 2.50. The number of ether oxygens (including phenoxy) is 2. The van der Waals surface area contributed by atoms with Gasteiger partial charge in [0.25, 0.3) is 5.91 Å². The van der Waals surface area contributed by atoms with Crippen molar-refractivity contribution in [1.82, 2.24) is 5.32 Å². The Morgan fingerprint density at radius 3 is 2.54 bits per heavy atom. The molecule has 0 bridgehead atoms. The van der Waals surface area contributed by atoms with Gasteiger partial charge in [-0.15, -0.1) is 0 Å². The van der Waals surface area contributed by atoms with Crippen LogP contribution in [0.3, 0.4) is 0 Å². The third-order valence-corrected chi connectivity index (χ3v) is 5.99. The van der Waals surface area contributed by atoms with Gasteiger partial charge in [-0.1, -0.05) is 42.5 Å². The van der Waals surface area contributed by atoms with Crippen LogP contribution >= 0.6 is 0 Å². The molecule has 0 spiro atoms. The largest absolute Gasteiger partial charge is 0.494 e. The Bertz CT molecular complexity index is 1170. The van der Waals surface area contributed by atoms with E-state index >= 15 is 0 Å². The van der Waals surface area contributed by atoms with Gasteiger partial charge in [0.2, 0.25) is 5.90 Å². The summed E-state index contributed by atoms with van der Waals surface area (Å²) in [6, 6.07) is 23.1. The van der Waals surface area contributed by atoms with E-state index in [-0.39, 0.29) is 24.9 Å². The molecule has 0 saturated carbocycles. The SMILES string of the molecule is C[C@H]1OC(c2ccc(OCCCO)cc2)=N[C@@]1(Cc1ccccc1)C(=O)NCc1cccc(F)c1. The Morgan fingerprint density at radius 2 is 1.83 bits per heavy atom. The summed E-state index contributed by atoms with van der Waals surface area (Å²) in [6.07, 6.45) is 0.392. The van der Waals surface area contributed by atoms with Crippen molar-refractivity contribution in [1.29, 1.82) is 0 Å². The average molecular weight is 477 g/mol. The molecule has 0 radical (unpaired) electrons. The van der Waals surface area contributed by atoms with Crippen LogP contribution < -0.4 is 10.1 Å². The summed E-state index contributed by atoms with van der Waals surface area (Å²) >= 11 is 0. The zero-order valence-corrected chi connectivity index (χ0v) is 19.6. The highest BCUT2D eigenvalue weighted by Crippen LogP contribution is 2.33. The second-order valence-electron chi connectivity index (χ2n) is 8.53. The minimum Gasteiger partial charge on any atom is -0.494 e. The van der Waals surface area contributed by atoms with Crippen molar-refractivity contribution >= 4 is 11.8 Å². The number of benzene rings is 3. The zero-order valence-electron chi connectivity index (χ0n) is 19.6. The van der Waals surface area contributed by atoms with Gasteiger partial charge in [0.15, 0.2) is 5.54 Å². The summed E-state index contributed by atoms with van der Waals surface area (Å²) in [5.41, 5.74) is 1.18. The number of aliphatic hydroxyl groups excluding tert-OH is 1. The maximum atomic E-state index is 13.6. The van der Waals surface area contributed by atoms with Gasteiger partial charge in [-0.05, 0) is 54.4 Å². The van der Waals surface area contributed by atoms with E-state index in [0.717, 1.165) is 11.1 Å². The highest BCUT2D eigenvalue weighted by molar-refractivity contribution is 6.00. The Labute approximate surface area is 204 Å². The molecule has 3 aromatic carbocycles. The smallest absolute Gasteiger partial charge is 0.252 e. The van der Waals surface area contributed by atoms with E-state index < -0.39 is 11.6 Å². The fourth-order valence-electron chi connectivity index (χ4n) is 4.03. The van der Waals surface area contributed by atoms with E-state index in [2.05, 4.69) is 5.32 Å². The first kappa shape index (κ1) is 24.4. The minimum absolute atomic E-state index is 0.0748. The van der Waals surface area contributed by atoms with Crippen molar-refractivity contribution in [2.24, 2.45) is 4.99 Å². The molecule has 2 N–H and O–H groups in total. The molecular formula is C28H29FN2O4. The van der Waals surface area contributed by atoms with E-state index in [4.69, 9.17) is 19.6 Å². The van der Waals surface area contributed by atoms with Gasteiger partial charge in [-0.25, -0.2) is 9.38 Å². The number of aliphatic imine (C=N–C) groups is 1. The van der Waals surface area contributed by atoms with Gasteiger partial charge >= 0.3 is 0 Å². The van der Waals surface area contributed by atoms with Crippen molar-refractivity contribution in [3.8, 4) is 5.75 Å². The van der Waals surface area contributed by atoms with Crippen LogP contribution in [0.2, 0.25) is 0 Å². The third-order valence-electron chi connectivity index (χ3n) is 5.99. The number of halogens is 1. The van der Waals surface area contributed by atoms with Gasteiger partial charge < -0.3 is 19.9 Å². The Hall–Kier alpha value is -3.71. The number of nitrogens with one attached hydrogen (secondary N) is 1. The quantitative estimate of drug-likeness (QED) is 0.433. The van der Waals surface area contributed by atoms with Crippen LogP contribution in [-0.4, -0.2) is 41.8 Å².